The number of piperazine rings is 2. The number of rotatable bonds is 16. The Labute approximate surface area is 529 Å². The van der Waals surface area contributed by atoms with Crippen LogP contribution in [0.2, 0.25) is 0 Å². The summed E-state index contributed by atoms with van der Waals surface area (Å²) in [6.45, 7) is 15.7. The molecule has 6 atom stereocenters. The van der Waals surface area contributed by atoms with Crippen molar-refractivity contribution >= 4 is 58.2 Å². The third kappa shape index (κ3) is 15.1. The second-order valence-corrected chi connectivity index (χ2v) is 25.9. The molecule has 0 aliphatic carbocycles. The number of anilines is 3. The summed E-state index contributed by atoms with van der Waals surface area (Å²) in [6.07, 6.45) is -2.93. The van der Waals surface area contributed by atoms with Crippen molar-refractivity contribution in [3.8, 4) is 32.7 Å². The minimum absolute atomic E-state index is 0.0125. The maximum Gasteiger partial charge on any atom is 0.417 e. The number of alkyl halides is 3. The van der Waals surface area contributed by atoms with Crippen molar-refractivity contribution in [1.82, 2.24) is 40.3 Å². The summed E-state index contributed by atoms with van der Waals surface area (Å²) in [5.41, 5.74) is 5.39. The van der Waals surface area contributed by atoms with Crippen LogP contribution < -0.4 is 25.8 Å². The van der Waals surface area contributed by atoms with Crippen LogP contribution >= 0.6 is 11.3 Å². The lowest BCUT2D eigenvalue weighted by Crippen LogP contribution is -2.58. The predicted octanol–water partition coefficient (Wildman–Crippen LogP) is 10.1. The van der Waals surface area contributed by atoms with Gasteiger partial charge in [0.1, 0.15) is 23.7 Å². The Kier molecular flexibility index (Phi) is 19.4. The minimum Gasteiger partial charge on any atom is -0.391 e. The van der Waals surface area contributed by atoms with Gasteiger partial charge >= 0.3 is 6.18 Å². The Balaban J connectivity index is 0.729. The van der Waals surface area contributed by atoms with E-state index in [0.29, 0.717) is 50.8 Å². The van der Waals surface area contributed by atoms with Crippen LogP contribution in [0, 0.1) is 24.0 Å². The molecule has 0 saturated carbocycles. The number of benzene rings is 5. The highest BCUT2D eigenvalue weighted by Crippen LogP contribution is 2.39. The van der Waals surface area contributed by atoms with Crippen molar-refractivity contribution in [3.63, 3.8) is 0 Å². The van der Waals surface area contributed by atoms with Crippen molar-refractivity contribution in [3.05, 3.63) is 166 Å². The molecular weight excluding hydrogens is 1190 g/mol. The number of amides is 5. The smallest absolute Gasteiger partial charge is 0.391 e. The second-order valence-electron chi connectivity index (χ2n) is 25.0. The van der Waals surface area contributed by atoms with Crippen molar-refractivity contribution in [2.24, 2.45) is 5.41 Å². The van der Waals surface area contributed by atoms with Crippen LogP contribution in [0.4, 0.5) is 39.3 Å². The molecule has 5 amide bonds. The van der Waals surface area contributed by atoms with E-state index in [1.807, 2.05) is 138 Å². The van der Waals surface area contributed by atoms with Crippen LogP contribution in [0.3, 0.4) is 0 Å². The molecule has 17 nitrogen and oxygen atoms in total. The molecule has 0 radical (unpaired) electrons. The molecule has 5 aromatic carbocycles. The van der Waals surface area contributed by atoms with Gasteiger partial charge in [-0.1, -0.05) is 93.6 Å². The number of β-amino-alcohol motifs (C(OH)–C–C–N with tert-alkyl or cyclic N) is 1. The number of carbonyl (C=O) groups excluding carboxylic acids is 5. The number of aromatic nitrogens is 3. The maximum atomic E-state index is 16.3. The molecule has 2 aromatic heterocycles. The van der Waals surface area contributed by atoms with E-state index in [-0.39, 0.29) is 84.3 Å². The third-order valence-electron chi connectivity index (χ3n) is 17.4. The van der Waals surface area contributed by atoms with E-state index in [4.69, 9.17) is 0 Å². The molecule has 3 aliphatic rings. The summed E-state index contributed by atoms with van der Waals surface area (Å²) < 4.78 is 72.4. The fourth-order valence-corrected chi connectivity index (χ4v) is 12.9. The SMILES string of the molecule is Cc1ncsc1-c1ccc([C@H](C)NC(=O)[C@@H]2C[C@@H](O)CN2C(=O)[C@@H](NC(=O)Cc2cccc(-c3ccc(CC(=O)N4CCN(c5ncc(-c6cc(NC(=O)c7ccc(F)cc7C(F)(F)F)c(N7C[C@@H](C)N(C)[C@@H](C)C7)cc6F)cn5)CC4)cc3)c2)C(C)(C)C)cc1. The topological polar surface area (TPSA) is 197 Å². The third-order valence-corrected chi connectivity index (χ3v) is 18.4. The number of nitrogens with one attached hydrogen (secondary N) is 3. The number of aliphatic hydroxyl groups is 1. The number of thiazole rings is 1. The Morgan fingerprint density at radius 1 is 0.736 bits per heavy atom. The van der Waals surface area contributed by atoms with Gasteiger partial charge in [0.2, 0.25) is 29.6 Å². The van der Waals surface area contributed by atoms with Crippen molar-refractivity contribution in [2.45, 2.75) is 110 Å². The van der Waals surface area contributed by atoms with E-state index in [1.54, 1.807) is 21.7 Å². The van der Waals surface area contributed by atoms with Crippen LogP contribution in [0.5, 0.6) is 0 Å². The standard InChI is InChI=1S/C68H74F5N11O6S/c1-39-35-83(36-40(2)80(39)8)57-32-55(70)53(31-56(57)78-63(88)52-21-20-50(69)29-54(52)68(71,72)73)49-33-74-66(75-34-49)82-24-22-81(23-25-82)60(87)28-43-12-14-46(15-13-43)48-11-9-10-44(26-48)27-59(86)79-62(67(5,6)7)65(90)84-37-51(85)30-58(84)64(89)77-41(3)45-16-18-47(19-17-45)61-42(4)76-38-91-61/h9-21,26,29,31-34,38-41,51,58,62,85H,22-25,27-28,30,35-37H2,1-8H3,(H,77,89)(H,78,88)(H,79,86)/t39-,40+,41-,51+,58-,62+/m0/s1. The van der Waals surface area contributed by atoms with Gasteiger partial charge in [-0.3, -0.25) is 28.9 Å². The molecular formula is C68H74F5N11O6S. The van der Waals surface area contributed by atoms with Gasteiger partial charge in [0, 0.05) is 87.8 Å². The van der Waals surface area contributed by atoms with E-state index < -0.39 is 70.3 Å². The summed E-state index contributed by atoms with van der Waals surface area (Å²) in [6, 6.07) is 25.1. The molecule has 7 aromatic rings. The van der Waals surface area contributed by atoms with E-state index in [1.165, 1.54) is 29.4 Å². The number of halogens is 5. The Hall–Kier alpha value is -8.67. The first-order chi connectivity index (χ1) is 43.2. The summed E-state index contributed by atoms with van der Waals surface area (Å²) >= 11 is 1.56. The molecule has 3 fully saturated rings. The maximum absolute atomic E-state index is 16.3. The van der Waals surface area contributed by atoms with Crippen LogP contribution in [-0.4, -0.2) is 147 Å². The average molecular weight is 1270 g/mol. The molecule has 0 unspecified atom stereocenters. The van der Waals surface area contributed by atoms with Crippen LogP contribution in [0.25, 0.3) is 32.7 Å². The zero-order valence-corrected chi connectivity index (χ0v) is 52.8. The summed E-state index contributed by atoms with van der Waals surface area (Å²) in [7, 11) is 1.96. The van der Waals surface area contributed by atoms with Gasteiger partial charge in [-0.15, -0.1) is 11.3 Å². The lowest BCUT2D eigenvalue weighted by Gasteiger charge is -2.44. The monoisotopic (exact) mass is 1270 g/mol. The van der Waals surface area contributed by atoms with Gasteiger partial charge in [0.15, 0.2) is 0 Å². The number of hydrogen-bond acceptors (Lipinski definition) is 13. The van der Waals surface area contributed by atoms with E-state index in [9.17, 15) is 46.6 Å². The van der Waals surface area contributed by atoms with Crippen molar-refractivity contribution < 1.29 is 51.0 Å². The number of likely N-dealkylation sites (tertiary alicyclic amines) is 1. The lowest BCUT2D eigenvalue weighted by atomic mass is 9.85. The fourth-order valence-electron chi connectivity index (χ4n) is 12.0. The molecule has 3 saturated heterocycles. The van der Waals surface area contributed by atoms with E-state index in [0.717, 1.165) is 50.5 Å². The average Bonchev–Trinajstić information content (AvgIpc) is 1.21. The first-order valence-electron chi connectivity index (χ1n) is 30.3. The highest BCUT2D eigenvalue weighted by Gasteiger charge is 2.45. The molecule has 5 heterocycles. The van der Waals surface area contributed by atoms with Crippen molar-refractivity contribution in [1.29, 1.82) is 0 Å². The summed E-state index contributed by atoms with van der Waals surface area (Å²) in [5.74, 6) is -3.96. The van der Waals surface area contributed by atoms with Gasteiger partial charge in [-0.05, 0) is 104 Å². The van der Waals surface area contributed by atoms with E-state index in [2.05, 4.69) is 35.8 Å². The molecule has 91 heavy (non-hydrogen) atoms. The minimum atomic E-state index is -5.03. The highest BCUT2D eigenvalue weighted by molar-refractivity contribution is 7.13. The number of aliphatic hydroxyl groups excluding tert-OH is 1. The zero-order chi connectivity index (χ0) is 65.2. The van der Waals surface area contributed by atoms with Gasteiger partial charge in [0.25, 0.3) is 5.91 Å². The molecule has 4 N–H and O–H groups in total. The molecule has 478 valence electrons. The molecule has 10 rings (SSSR count). The molecule has 23 heteroatoms. The zero-order valence-electron chi connectivity index (χ0n) is 51.9. The van der Waals surface area contributed by atoms with Crippen LogP contribution in [0.15, 0.2) is 121 Å². The van der Waals surface area contributed by atoms with Gasteiger partial charge in [-0.25, -0.2) is 23.7 Å². The quantitative estimate of drug-likeness (QED) is 0.0670. The Morgan fingerprint density at radius 2 is 1.41 bits per heavy atom. The Morgan fingerprint density at radius 3 is 2.04 bits per heavy atom. The fraction of sp³-hybridized carbons (Fsp3) is 0.382. The van der Waals surface area contributed by atoms with Crippen LogP contribution in [0.1, 0.15) is 92.3 Å². The number of hydrogen-bond donors (Lipinski definition) is 4. The highest BCUT2D eigenvalue weighted by atomic mass is 32.1. The Bertz CT molecular complexity index is 3810. The first kappa shape index (κ1) is 65.3. The van der Waals surface area contributed by atoms with Gasteiger partial charge in [0.05, 0.1) is 63.6 Å². The second kappa shape index (κ2) is 27.0. The number of carbonyl (C=O) groups is 5. The summed E-state index contributed by atoms with van der Waals surface area (Å²) in [4.78, 5) is 92.9. The van der Waals surface area contributed by atoms with E-state index >= 15 is 4.39 Å². The number of likely N-dealkylation sites (N-methyl/N-ethyl adjacent to an activating group) is 1. The first-order valence-corrected chi connectivity index (χ1v) is 31.2. The molecule has 0 bridgehead atoms. The molecule has 0 spiro atoms. The normalized spacial score (nSPS) is 18.8. The van der Waals surface area contributed by atoms with Crippen LogP contribution in [-0.2, 0) is 38.2 Å². The molecule has 3 aliphatic heterocycles. The lowest BCUT2D eigenvalue weighted by molar-refractivity contribution is -0.144. The van der Waals surface area contributed by atoms with Gasteiger partial charge < -0.3 is 40.7 Å². The predicted molar refractivity (Wildman–Crippen MR) is 340 cm³/mol. The number of nitrogens with zero attached hydrogens (tertiary/aromatic N) is 8. The number of aryl methyl sites for hydroxylation is 1. The van der Waals surface area contributed by atoms with Crippen molar-refractivity contribution in [2.75, 3.05) is 68.0 Å². The van der Waals surface area contributed by atoms with Gasteiger partial charge in [-0.2, -0.15) is 13.2 Å². The largest absolute Gasteiger partial charge is 0.417 e. The summed E-state index contributed by atoms with van der Waals surface area (Å²) in [5, 5.41) is 19.4.